The van der Waals surface area contributed by atoms with Crippen LogP contribution < -0.4 is 16.0 Å². The summed E-state index contributed by atoms with van der Waals surface area (Å²) in [5.41, 5.74) is 8.24. The minimum Gasteiger partial charge on any atom is -0.362 e. The highest BCUT2D eigenvalue weighted by molar-refractivity contribution is 5.81. The van der Waals surface area contributed by atoms with Crippen molar-refractivity contribution >= 4 is 11.6 Å². The maximum Gasteiger partial charge on any atom is 0.239 e. The van der Waals surface area contributed by atoms with E-state index in [9.17, 15) is 4.79 Å². The molecule has 1 saturated heterocycles. The second-order valence-electron chi connectivity index (χ2n) is 4.73. The molecule has 1 heterocycles. The molecule has 3 N–H and O–H groups in total. The van der Waals surface area contributed by atoms with Gasteiger partial charge in [0.25, 0.3) is 0 Å². The normalized spacial score (nSPS) is 18.1. The highest BCUT2D eigenvalue weighted by Crippen LogP contribution is 2.20. The fourth-order valence-corrected chi connectivity index (χ4v) is 2.19. The molecular weight excluding hydrogens is 226 g/mol. The van der Waals surface area contributed by atoms with Crippen molar-refractivity contribution in [2.45, 2.75) is 25.8 Å². The lowest BCUT2D eigenvalue weighted by Gasteiger charge is -2.22. The molecule has 1 aromatic rings. The van der Waals surface area contributed by atoms with E-state index in [0.717, 1.165) is 37.2 Å². The molecule has 1 fully saturated rings. The van der Waals surface area contributed by atoms with Gasteiger partial charge in [-0.3, -0.25) is 4.79 Å². The monoisotopic (exact) mass is 247 g/mol. The Morgan fingerprint density at radius 3 is 2.78 bits per heavy atom. The number of nitrogens with zero attached hydrogens (tertiary/aromatic N) is 1. The highest BCUT2D eigenvalue weighted by Gasteiger charge is 2.15. The molecule has 1 aliphatic rings. The number of benzene rings is 1. The van der Waals surface area contributed by atoms with E-state index < -0.39 is 0 Å². The van der Waals surface area contributed by atoms with E-state index >= 15 is 0 Å². The fourth-order valence-electron chi connectivity index (χ4n) is 2.19. The molecule has 1 amide bonds. The third kappa shape index (κ3) is 3.01. The second kappa shape index (κ2) is 5.87. The molecule has 4 heteroatoms. The Balaban J connectivity index is 2.10. The number of rotatable bonds is 3. The van der Waals surface area contributed by atoms with Gasteiger partial charge in [0, 0.05) is 24.8 Å². The number of carbonyl (C=O) groups is 1. The molecule has 0 spiro atoms. The minimum atomic E-state index is 0.0989. The minimum absolute atomic E-state index is 0.0989. The van der Waals surface area contributed by atoms with Crippen LogP contribution in [0.1, 0.15) is 31.4 Å². The summed E-state index contributed by atoms with van der Waals surface area (Å²) in [6.07, 6.45) is 1.92. The average molecular weight is 247 g/mol. The standard InChI is InChI=1S/C14H21N3O/c1-2-13(15)11-4-6-12(7-5-11)17-9-3-8-16-14(18)10-17/h4-7,13H,2-3,8-10,15H2,1H3,(H,16,18)/t13-/m0/s1. The van der Waals surface area contributed by atoms with Gasteiger partial charge in [-0.15, -0.1) is 0 Å². The van der Waals surface area contributed by atoms with E-state index in [4.69, 9.17) is 5.73 Å². The maximum absolute atomic E-state index is 11.5. The first kappa shape index (κ1) is 12.9. The lowest BCUT2D eigenvalue weighted by molar-refractivity contribution is -0.119. The van der Waals surface area contributed by atoms with Crippen molar-refractivity contribution in [3.63, 3.8) is 0 Å². The Kier molecular flexibility index (Phi) is 4.20. The topological polar surface area (TPSA) is 58.4 Å². The summed E-state index contributed by atoms with van der Waals surface area (Å²) in [7, 11) is 0. The summed E-state index contributed by atoms with van der Waals surface area (Å²) in [5, 5.41) is 2.88. The zero-order valence-electron chi connectivity index (χ0n) is 10.9. The molecule has 98 valence electrons. The van der Waals surface area contributed by atoms with Crippen LogP contribution in [0.3, 0.4) is 0 Å². The molecular formula is C14H21N3O. The molecule has 4 nitrogen and oxygen atoms in total. The van der Waals surface area contributed by atoms with Gasteiger partial charge in [0.1, 0.15) is 0 Å². The number of amides is 1. The highest BCUT2D eigenvalue weighted by atomic mass is 16.2. The number of carbonyl (C=O) groups excluding carboxylic acids is 1. The lowest BCUT2D eigenvalue weighted by atomic mass is 10.1. The van der Waals surface area contributed by atoms with E-state index in [2.05, 4.69) is 41.4 Å². The molecule has 1 aliphatic heterocycles. The largest absolute Gasteiger partial charge is 0.362 e. The number of hydrogen-bond donors (Lipinski definition) is 2. The van der Waals surface area contributed by atoms with Crippen molar-refractivity contribution in [2.24, 2.45) is 5.73 Å². The van der Waals surface area contributed by atoms with Gasteiger partial charge in [0.15, 0.2) is 0 Å². The van der Waals surface area contributed by atoms with E-state index in [1.54, 1.807) is 0 Å². The van der Waals surface area contributed by atoms with Crippen molar-refractivity contribution in [1.82, 2.24) is 5.32 Å². The Hall–Kier alpha value is -1.55. The van der Waals surface area contributed by atoms with Gasteiger partial charge in [-0.05, 0) is 30.5 Å². The molecule has 0 radical (unpaired) electrons. The Labute approximate surface area is 108 Å². The molecule has 1 aromatic carbocycles. The fraction of sp³-hybridized carbons (Fsp3) is 0.500. The van der Waals surface area contributed by atoms with Crippen LogP contribution in [-0.4, -0.2) is 25.5 Å². The first-order valence-electron chi connectivity index (χ1n) is 6.58. The van der Waals surface area contributed by atoms with Crippen LogP contribution in [0.4, 0.5) is 5.69 Å². The summed E-state index contributed by atoms with van der Waals surface area (Å²) >= 11 is 0. The number of nitrogens with two attached hydrogens (primary N) is 1. The van der Waals surface area contributed by atoms with Gasteiger partial charge in [0.05, 0.1) is 6.54 Å². The van der Waals surface area contributed by atoms with Crippen LogP contribution in [0.25, 0.3) is 0 Å². The van der Waals surface area contributed by atoms with Gasteiger partial charge < -0.3 is 16.0 Å². The Morgan fingerprint density at radius 1 is 1.39 bits per heavy atom. The first-order valence-corrected chi connectivity index (χ1v) is 6.58. The zero-order valence-corrected chi connectivity index (χ0v) is 10.9. The van der Waals surface area contributed by atoms with Crippen LogP contribution in [0, 0.1) is 0 Å². The second-order valence-corrected chi connectivity index (χ2v) is 4.73. The Morgan fingerprint density at radius 2 is 2.11 bits per heavy atom. The molecule has 18 heavy (non-hydrogen) atoms. The summed E-state index contributed by atoms with van der Waals surface area (Å²) < 4.78 is 0. The van der Waals surface area contributed by atoms with E-state index in [1.807, 2.05) is 0 Å². The van der Waals surface area contributed by atoms with Crippen LogP contribution in [-0.2, 0) is 4.79 Å². The van der Waals surface area contributed by atoms with Gasteiger partial charge in [-0.2, -0.15) is 0 Å². The van der Waals surface area contributed by atoms with Crippen LogP contribution >= 0.6 is 0 Å². The molecule has 0 bridgehead atoms. The first-order chi connectivity index (χ1) is 8.70. The number of anilines is 1. The number of hydrogen-bond acceptors (Lipinski definition) is 3. The van der Waals surface area contributed by atoms with Crippen molar-refractivity contribution in [3.8, 4) is 0 Å². The van der Waals surface area contributed by atoms with Gasteiger partial charge in [-0.1, -0.05) is 19.1 Å². The smallest absolute Gasteiger partial charge is 0.239 e. The van der Waals surface area contributed by atoms with Crippen LogP contribution in [0.2, 0.25) is 0 Å². The molecule has 0 aromatic heterocycles. The zero-order chi connectivity index (χ0) is 13.0. The molecule has 0 saturated carbocycles. The van der Waals surface area contributed by atoms with Gasteiger partial charge in [0.2, 0.25) is 5.91 Å². The summed E-state index contributed by atoms with van der Waals surface area (Å²) in [4.78, 5) is 13.6. The van der Waals surface area contributed by atoms with Crippen LogP contribution in [0.15, 0.2) is 24.3 Å². The van der Waals surface area contributed by atoms with Crippen molar-refractivity contribution in [3.05, 3.63) is 29.8 Å². The van der Waals surface area contributed by atoms with E-state index in [1.165, 1.54) is 0 Å². The summed E-state index contributed by atoms with van der Waals surface area (Å²) in [6, 6.07) is 8.34. The lowest BCUT2D eigenvalue weighted by Crippen LogP contribution is -2.33. The van der Waals surface area contributed by atoms with E-state index in [-0.39, 0.29) is 11.9 Å². The molecule has 2 rings (SSSR count). The number of nitrogens with one attached hydrogen (secondary N) is 1. The molecule has 0 unspecified atom stereocenters. The van der Waals surface area contributed by atoms with Crippen molar-refractivity contribution in [1.29, 1.82) is 0 Å². The maximum atomic E-state index is 11.5. The SMILES string of the molecule is CC[C@H](N)c1ccc(N2CCCNC(=O)C2)cc1. The third-order valence-electron chi connectivity index (χ3n) is 3.39. The Bertz CT molecular complexity index is 402. The van der Waals surface area contributed by atoms with E-state index in [0.29, 0.717) is 6.54 Å². The third-order valence-corrected chi connectivity index (χ3v) is 3.39. The van der Waals surface area contributed by atoms with Gasteiger partial charge >= 0.3 is 0 Å². The summed E-state index contributed by atoms with van der Waals surface area (Å²) in [5.74, 6) is 0.0989. The van der Waals surface area contributed by atoms with Crippen LogP contribution in [0.5, 0.6) is 0 Å². The predicted molar refractivity (Wildman–Crippen MR) is 73.5 cm³/mol. The van der Waals surface area contributed by atoms with Crippen molar-refractivity contribution in [2.75, 3.05) is 24.5 Å². The average Bonchev–Trinajstić information content (AvgIpc) is 2.63. The molecule has 0 aliphatic carbocycles. The predicted octanol–water partition coefficient (Wildman–Crippen LogP) is 1.42. The van der Waals surface area contributed by atoms with Gasteiger partial charge in [-0.25, -0.2) is 0 Å². The van der Waals surface area contributed by atoms with Crippen molar-refractivity contribution < 1.29 is 4.79 Å². The summed E-state index contributed by atoms with van der Waals surface area (Å²) in [6.45, 7) is 4.21. The quantitative estimate of drug-likeness (QED) is 0.849. The molecule has 1 atom stereocenters.